The van der Waals surface area contributed by atoms with Crippen LogP contribution < -0.4 is 0 Å². The molecule has 0 aliphatic carbocycles. The maximum Gasteiger partial charge on any atom is 0.416 e. The molecule has 2 aliphatic rings. The third kappa shape index (κ3) is 14.3. The number of benzene rings is 6. The fourth-order valence-electron chi connectivity index (χ4n) is 8.19. The zero-order valence-electron chi connectivity index (χ0n) is 38.3. The highest BCUT2D eigenvalue weighted by Crippen LogP contribution is 2.41. The highest BCUT2D eigenvalue weighted by Gasteiger charge is 2.42. The number of halogens is 14. The lowest BCUT2D eigenvalue weighted by Crippen LogP contribution is -2.46. The summed E-state index contributed by atoms with van der Waals surface area (Å²) < 4.78 is 209. The zero-order chi connectivity index (χ0) is 53.6. The lowest BCUT2D eigenvalue weighted by Gasteiger charge is -2.41. The predicted octanol–water partition coefficient (Wildman–Crippen LogP) is 14.1. The minimum Gasteiger partial charge on any atom is -0.463 e. The summed E-state index contributed by atoms with van der Waals surface area (Å²) in [7, 11) is 0. The Morgan fingerprint density at radius 2 is 0.824 bits per heavy atom. The van der Waals surface area contributed by atoms with E-state index in [2.05, 4.69) is 6.58 Å². The predicted molar refractivity (Wildman–Crippen MR) is 240 cm³/mol. The maximum absolute atomic E-state index is 13.6. The summed E-state index contributed by atoms with van der Waals surface area (Å²) in [6.07, 6.45) is -22.8. The van der Waals surface area contributed by atoms with Crippen LogP contribution >= 0.6 is 0 Å². The Morgan fingerprint density at radius 1 is 0.486 bits per heavy atom. The highest BCUT2D eigenvalue weighted by atomic mass is 19.4. The van der Waals surface area contributed by atoms with Crippen molar-refractivity contribution in [1.29, 1.82) is 0 Å². The van der Waals surface area contributed by atoms with E-state index >= 15 is 0 Å². The first-order chi connectivity index (χ1) is 34.8. The molecular formula is C53H42F14N2O5. The first kappa shape index (κ1) is 55.0. The van der Waals surface area contributed by atoms with Crippen molar-refractivity contribution < 1.29 is 85.2 Å². The normalized spacial score (nSPS) is 19.0. The molecule has 7 nitrogen and oxygen atoms in total. The van der Waals surface area contributed by atoms with Crippen LogP contribution in [0.2, 0.25) is 0 Å². The quantitative estimate of drug-likeness (QED) is 0.0728. The van der Waals surface area contributed by atoms with Gasteiger partial charge in [-0.3, -0.25) is 9.80 Å². The molecule has 6 aromatic carbocycles. The van der Waals surface area contributed by atoms with Crippen molar-refractivity contribution in [3.8, 4) is 0 Å². The Morgan fingerprint density at radius 3 is 1.18 bits per heavy atom. The van der Waals surface area contributed by atoms with Crippen molar-refractivity contribution >= 4 is 11.7 Å². The highest BCUT2D eigenvalue weighted by molar-refractivity contribution is 5.90. The van der Waals surface area contributed by atoms with Crippen molar-refractivity contribution in [2.75, 3.05) is 26.3 Å². The molecule has 0 bridgehead atoms. The van der Waals surface area contributed by atoms with Gasteiger partial charge in [0.1, 0.15) is 17.4 Å². The molecule has 0 aromatic heterocycles. The number of hydrogen-bond donors (Lipinski definition) is 0. The molecule has 392 valence electrons. The van der Waals surface area contributed by atoms with Crippen LogP contribution in [-0.2, 0) is 56.7 Å². The summed E-state index contributed by atoms with van der Waals surface area (Å²) in [5.41, 5.74) is -4.72. The second-order valence-corrected chi connectivity index (χ2v) is 16.9. The molecule has 6 aromatic rings. The minimum absolute atomic E-state index is 0.0385. The van der Waals surface area contributed by atoms with E-state index in [1.807, 2.05) is 70.5 Å². The van der Waals surface area contributed by atoms with E-state index in [0.717, 1.165) is 11.1 Å². The Labute approximate surface area is 414 Å². The topological polar surface area (TPSA) is 60.5 Å². The molecule has 0 radical (unpaired) electrons. The van der Waals surface area contributed by atoms with E-state index in [4.69, 9.17) is 18.9 Å². The van der Waals surface area contributed by atoms with Crippen LogP contribution in [0.3, 0.4) is 0 Å². The summed E-state index contributed by atoms with van der Waals surface area (Å²) in [6, 6.07) is 29.6. The van der Waals surface area contributed by atoms with Gasteiger partial charge in [0.15, 0.2) is 0 Å². The second-order valence-electron chi connectivity index (χ2n) is 16.9. The van der Waals surface area contributed by atoms with Crippen LogP contribution in [-0.4, -0.2) is 54.7 Å². The van der Waals surface area contributed by atoms with Crippen LogP contribution in [0.1, 0.15) is 72.5 Å². The molecule has 2 aliphatic heterocycles. The van der Waals surface area contributed by atoms with E-state index in [9.17, 15) is 66.3 Å². The molecule has 2 heterocycles. The largest absolute Gasteiger partial charge is 0.463 e. The number of esters is 1. The Balaban J connectivity index is 0.000000216. The van der Waals surface area contributed by atoms with Gasteiger partial charge in [-0.15, -0.1) is 0 Å². The van der Waals surface area contributed by atoms with Gasteiger partial charge in [0.05, 0.1) is 53.1 Å². The fourth-order valence-corrected chi connectivity index (χ4v) is 8.19. The fraction of sp³-hybridized carbons (Fsp3) is 0.264. The van der Waals surface area contributed by atoms with Gasteiger partial charge in [0.2, 0.25) is 12.6 Å². The minimum atomic E-state index is -5.12. The molecule has 2 unspecified atom stereocenters. The number of morpholine rings is 2. The first-order valence-corrected chi connectivity index (χ1v) is 22.3. The van der Waals surface area contributed by atoms with Crippen LogP contribution in [0.5, 0.6) is 0 Å². The number of alkyl halides is 12. The molecule has 74 heavy (non-hydrogen) atoms. The molecule has 0 N–H and O–H groups in total. The third-order valence-corrected chi connectivity index (χ3v) is 11.7. The number of ether oxygens (including phenoxy) is 4. The van der Waals surface area contributed by atoms with Gasteiger partial charge in [0, 0.05) is 31.7 Å². The van der Waals surface area contributed by atoms with E-state index in [1.165, 1.54) is 48.5 Å². The summed E-state index contributed by atoms with van der Waals surface area (Å²) in [5, 5.41) is 0. The van der Waals surface area contributed by atoms with E-state index in [0.29, 0.717) is 61.6 Å². The molecule has 0 amide bonds. The molecule has 8 rings (SSSR count). The van der Waals surface area contributed by atoms with Gasteiger partial charge in [0.25, 0.3) is 0 Å². The second kappa shape index (κ2) is 22.8. The molecule has 2 saturated heterocycles. The number of hydrogen-bond acceptors (Lipinski definition) is 7. The Bertz CT molecular complexity index is 2580. The molecular weight excluding hydrogens is 1010 g/mol. The summed E-state index contributed by atoms with van der Waals surface area (Å²) >= 11 is 0. The van der Waals surface area contributed by atoms with Gasteiger partial charge < -0.3 is 18.9 Å². The average Bonchev–Trinajstić information content (AvgIpc) is 3.34. The zero-order valence-corrected chi connectivity index (χ0v) is 38.3. The molecule has 2 fully saturated rings. The van der Waals surface area contributed by atoms with Crippen molar-refractivity contribution in [1.82, 2.24) is 9.80 Å². The molecule has 4 atom stereocenters. The molecule has 0 saturated carbocycles. The van der Waals surface area contributed by atoms with Gasteiger partial charge in [-0.2, -0.15) is 52.7 Å². The van der Waals surface area contributed by atoms with Gasteiger partial charge in [-0.05, 0) is 82.9 Å². The summed E-state index contributed by atoms with van der Waals surface area (Å²) in [6.45, 7) is 5.47. The third-order valence-electron chi connectivity index (χ3n) is 11.7. The summed E-state index contributed by atoms with van der Waals surface area (Å²) in [4.78, 5) is 16.7. The Kier molecular flexibility index (Phi) is 16.9. The lowest BCUT2D eigenvalue weighted by atomic mass is 10.0. The molecule has 21 heteroatoms. The van der Waals surface area contributed by atoms with Crippen molar-refractivity contribution in [3.05, 3.63) is 219 Å². The first-order valence-electron chi connectivity index (χ1n) is 22.3. The number of rotatable bonds is 11. The number of nitrogens with zero attached hydrogens (tertiary/aromatic N) is 2. The Hall–Kier alpha value is -6.81. The van der Waals surface area contributed by atoms with Crippen LogP contribution in [0.25, 0.3) is 5.76 Å². The van der Waals surface area contributed by atoms with Gasteiger partial charge in [-0.1, -0.05) is 91.5 Å². The van der Waals surface area contributed by atoms with E-state index in [1.54, 1.807) is 0 Å². The number of carbonyl (C=O) groups excluding carboxylic acids is 1. The average molecular weight is 1050 g/mol. The molecule has 0 spiro atoms. The smallest absolute Gasteiger partial charge is 0.416 e. The number of carbonyl (C=O) groups is 1. The lowest BCUT2D eigenvalue weighted by molar-refractivity contribution is -0.186. The van der Waals surface area contributed by atoms with Gasteiger partial charge >= 0.3 is 30.7 Å². The standard InChI is InChI=1S/C27H22F7NO2.C26H20F7NO3/c1-17(20-13-21(26(29,30)31)15-22(14-20)27(32,33)34)37-25-24(19-7-9-23(28)10-8-19)35(11-12-36-25)16-18-5-3-2-4-6-18;27-21-8-6-17(7-9-21)22-24(36-11-10-34(22)15-16-4-2-1-3-5-16)37-23(35)18-12-19(25(28,29)30)14-20(13-18)26(31,32)33/h2-10,13-15,24-25H,1,11-12,16H2;1-9,12-14,22,24H,10-11,15H2/t24-,25?;22-,24?/m00/s1. The van der Waals surface area contributed by atoms with Crippen LogP contribution in [0.15, 0.2) is 152 Å². The monoisotopic (exact) mass is 1050 g/mol. The SMILES string of the molecule is C=C(OC1OCCN(Cc2ccccc2)[C@H]1c1ccc(F)cc1)c1cc(C(F)(F)F)cc(C(F)(F)F)c1.O=C(OC1OCCN(Cc2ccccc2)[C@H]1c1ccc(F)cc1)c1cc(C(F)(F)F)cc(C(F)(F)F)c1. The van der Waals surface area contributed by atoms with Crippen molar-refractivity contribution in [2.45, 2.75) is 62.5 Å². The van der Waals surface area contributed by atoms with Crippen molar-refractivity contribution in [3.63, 3.8) is 0 Å². The maximum atomic E-state index is 13.6. The van der Waals surface area contributed by atoms with Gasteiger partial charge in [-0.25, -0.2) is 13.6 Å². The van der Waals surface area contributed by atoms with E-state index < -0.39 is 106 Å². The van der Waals surface area contributed by atoms with Crippen LogP contribution in [0, 0.1) is 11.6 Å². The van der Waals surface area contributed by atoms with Crippen molar-refractivity contribution in [2.24, 2.45) is 0 Å². The van der Waals surface area contributed by atoms with Crippen LogP contribution in [0.4, 0.5) is 61.5 Å². The van der Waals surface area contributed by atoms with E-state index in [-0.39, 0.29) is 25.3 Å². The summed E-state index contributed by atoms with van der Waals surface area (Å²) in [5.74, 6) is -2.83.